The smallest absolute Gasteiger partial charge is 0.330 e. The van der Waals surface area contributed by atoms with E-state index in [1.165, 1.54) is 11.6 Å². The molecule has 3 rings (SSSR count). The number of hydrogen-bond donors (Lipinski definition) is 2. The van der Waals surface area contributed by atoms with Crippen molar-refractivity contribution in [2.45, 2.75) is 45.1 Å². The van der Waals surface area contributed by atoms with Gasteiger partial charge in [0.25, 0.3) is 5.56 Å². The first-order chi connectivity index (χ1) is 15.6. The monoisotopic (exact) mass is 457 g/mol. The van der Waals surface area contributed by atoms with Crippen LogP contribution in [-0.4, -0.2) is 45.9 Å². The second kappa shape index (κ2) is 9.74. The fourth-order valence-electron chi connectivity index (χ4n) is 4.60. The Bertz CT molecular complexity index is 1160. The van der Waals surface area contributed by atoms with Crippen LogP contribution in [0.25, 0.3) is 11.1 Å². The van der Waals surface area contributed by atoms with Crippen LogP contribution in [0.4, 0.5) is 0 Å². The molecule has 0 bridgehead atoms. The summed E-state index contributed by atoms with van der Waals surface area (Å²) in [5.41, 5.74) is 0.841. The molecule has 1 unspecified atom stereocenters. The third-order valence-electron chi connectivity index (χ3n) is 6.71. The molecule has 0 radical (unpaired) electrons. The highest BCUT2D eigenvalue weighted by Crippen LogP contribution is 2.38. The molecule has 1 fully saturated rings. The van der Waals surface area contributed by atoms with E-state index in [1.807, 2.05) is 0 Å². The van der Waals surface area contributed by atoms with Gasteiger partial charge in [-0.2, -0.15) is 0 Å². The number of carbonyl (C=O) groups excluding carboxylic acids is 1. The van der Waals surface area contributed by atoms with Crippen LogP contribution in [0.3, 0.4) is 0 Å². The van der Waals surface area contributed by atoms with Crippen molar-refractivity contribution in [3.05, 3.63) is 56.4 Å². The fraction of sp³-hybridized carbons (Fsp3) is 0.500. The van der Waals surface area contributed by atoms with E-state index in [2.05, 4.69) is 5.32 Å². The molecule has 1 aliphatic carbocycles. The molecule has 2 N–H and O–H groups in total. The lowest BCUT2D eigenvalue weighted by atomic mass is 9.85. The van der Waals surface area contributed by atoms with Crippen LogP contribution < -0.4 is 16.6 Å². The molecule has 0 spiro atoms. The minimum Gasteiger partial charge on any atom is -0.480 e. The number of rotatable bonds is 8. The zero-order chi connectivity index (χ0) is 24.3. The first kappa shape index (κ1) is 24.4. The quantitative estimate of drug-likeness (QED) is 0.618. The van der Waals surface area contributed by atoms with E-state index in [1.54, 1.807) is 45.3 Å². The number of nitrogens with zero attached hydrogens (tertiary/aromatic N) is 2. The molecule has 2 aromatic rings. The molecule has 1 aromatic carbocycles. The van der Waals surface area contributed by atoms with Crippen LogP contribution in [-0.2, 0) is 34.8 Å². The lowest BCUT2D eigenvalue weighted by Crippen LogP contribution is -2.50. The predicted molar refractivity (Wildman–Crippen MR) is 123 cm³/mol. The lowest BCUT2D eigenvalue weighted by Gasteiger charge is -2.28. The molecule has 33 heavy (non-hydrogen) atoms. The highest BCUT2D eigenvalue weighted by molar-refractivity contribution is 5.88. The van der Waals surface area contributed by atoms with Crippen molar-refractivity contribution in [1.82, 2.24) is 14.5 Å². The summed E-state index contributed by atoms with van der Waals surface area (Å²) in [6.45, 7) is 1.98. The number of methoxy groups -OCH3 is 1. The number of carboxylic acid groups (broad SMARTS) is 1. The van der Waals surface area contributed by atoms with Gasteiger partial charge in [-0.25, -0.2) is 9.59 Å². The Labute approximate surface area is 192 Å². The summed E-state index contributed by atoms with van der Waals surface area (Å²) in [5, 5.41) is 12.4. The van der Waals surface area contributed by atoms with Gasteiger partial charge in [-0.15, -0.1) is 0 Å². The summed E-state index contributed by atoms with van der Waals surface area (Å²) in [5.74, 6) is -1.39. The molecule has 1 saturated carbocycles. The topological polar surface area (TPSA) is 120 Å². The second-order valence-electron chi connectivity index (χ2n) is 8.85. The number of amides is 1. The minimum absolute atomic E-state index is 0.106. The van der Waals surface area contributed by atoms with Gasteiger partial charge in [0, 0.05) is 33.3 Å². The molecule has 9 nitrogen and oxygen atoms in total. The van der Waals surface area contributed by atoms with Crippen molar-refractivity contribution < 1.29 is 19.4 Å². The Morgan fingerprint density at radius 1 is 1.12 bits per heavy atom. The maximum absolute atomic E-state index is 12.9. The van der Waals surface area contributed by atoms with Crippen molar-refractivity contribution >= 4 is 11.9 Å². The van der Waals surface area contributed by atoms with E-state index in [9.17, 15) is 24.3 Å². The molecule has 1 heterocycles. The van der Waals surface area contributed by atoms with Crippen molar-refractivity contribution in [2.75, 3.05) is 13.7 Å². The van der Waals surface area contributed by atoms with Crippen LogP contribution in [0.1, 0.15) is 36.9 Å². The predicted octanol–water partition coefficient (Wildman–Crippen LogP) is 1.38. The highest BCUT2D eigenvalue weighted by atomic mass is 16.5. The van der Waals surface area contributed by atoms with E-state index in [0.29, 0.717) is 35.2 Å². The third kappa shape index (κ3) is 4.78. The highest BCUT2D eigenvalue weighted by Gasteiger charge is 2.42. The summed E-state index contributed by atoms with van der Waals surface area (Å²) in [7, 11) is 4.59. The first-order valence-corrected chi connectivity index (χ1v) is 11.0. The van der Waals surface area contributed by atoms with Crippen molar-refractivity contribution in [2.24, 2.45) is 19.5 Å². The molecule has 0 aliphatic heterocycles. The average Bonchev–Trinajstić information content (AvgIpc) is 3.27. The van der Waals surface area contributed by atoms with Gasteiger partial charge in [0.15, 0.2) is 0 Å². The second-order valence-corrected chi connectivity index (χ2v) is 8.85. The lowest BCUT2D eigenvalue weighted by molar-refractivity contribution is -0.144. The van der Waals surface area contributed by atoms with Crippen LogP contribution in [0, 0.1) is 12.3 Å². The molecule has 0 saturated heterocycles. The first-order valence-electron chi connectivity index (χ1n) is 11.0. The molecule has 1 aliphatic rings. The number of benzene rings is 1. The van der Waals surface area contributed by atoms with Gasteiger partial charge in [-0.1, -0.05) is 37.1 Å². The summed E-state index contributed by atoms with van der Waals surface area (Å²) in [6, 6.07) is 5.86. The number of aromatic nitrogens is 2. The Kier molecular flexibility index (Phi) is 7.22. The molecule has 1 atom stereocenters. The Morgan fingerprint density at radius 3 is 2.27 bits per heavy atom. The van der Waals surface area contributed by atoms with E-state index in [0.717, 1.165) is 17.4 Å². The fourth-order valence-corrected chi connectivity index (χ4v) is 4.60. The van der Waals surface area contributed by atoms with Gasteiger partial charge in [0.1, 0.15) is 6.04 Å². The zero-order valence-electron chi connectivity index (χ0n) is 19.5. The summed E-state index contributed by atoms with van der Waals surface area (Å²) in [4.78, 5) is 49.6. The van der Waals surface area contributed by atoms with Crippen molar-refractivity contribution in [3.8, 4) is 11.1 Å². The Hall–Kier alpha value is -3.20. The maximum atomic E-state index is 12.9. The molecule has 1 aromatic heterocycles. The largest absolute Gasteiger partial charge is 0.480 e. The zero-order valence-corrected chi connectivity index (χ0v) is 19.5. The van der Waals surface area contributed by atoms with Crippen LogP contribution in [0.15, 0.2) is 33.9 Å². The van der Waals surface area contributed by atoms with Crippen molar-refractivity contribution in [3.63, 3.8) is 0 Å². The standard InChI is InChI=1S/C24H31N3O6/c1-15-19(20(28)27(3)23(32)26(15)2)17-9-7-16(8-10-17)13-18(21(29)30)25-22(31)24(14-33-4)11-5-6-12-24/h7-10,18H,5-6,11-14H2,1-4H3,(H,25,31)(H,29,30). The normalized spacial score (nSPS) is 15.9. The van der Waals surface area contributed by atoms with E-state index < -0.39 is 23.1 Å². The molecular weight excluding hydrogens is 426 g/mol. The van der Waals surface area contributed by atoms with Gasteiger partial charge in [0.2, 0.25) is 5.91 Å². The third-order valence-corrected chi connectivity index (χ3v) is 6.71. The SMILES string of the molecule is COCC1(C(=O)NC(Cc2ccc(-c3c(C)n(C)c(=O)n(C)c3=O)cc2)C(=O)O)CCCC1. The molecular formula is C24H31N3O6. The number of nitrogens with one attached hydrogen (secondary N) is 1. The molecule has 1 amide bonds. The van der Waals surface area contributed by atoms with E-state index in [-0.39, 0.29) is 24.5 Å². The van der Waals surface area contributed by atoms with E-state index >= 15 is 0 Å². The van der Waals surface area contributed by atoms with Gasteiger partial charge >= 0.3 is 11.7 Å². The number of aliphatic carboxylic acids is 1. The summed E-state index contributed by atoms with van der Waals surface area (Å²) in [6.07, 6.45) is 3.30. The number of carbonyl (C=O) groups is 2. The van der Waals surface area contributed by atoms with Gasteiger partial charge in [0.05, 0.1) is 17.6 Å². The number of carboxylic acids is 1. The van der Waals surface area contributed by atoms with Gasteiger partial charge in [-0.05, 0) is 30.9 Å². The Morgan fingerprint density at radius 2 is 1.73 bits per heavy atom. The summed E-state index contributed by atoms with van der Waals surface area (Å²) < 4.78 is 7.73. The minimum atomic E-state index is -1.11. The van der Waals surface area contributed by atoms with Gasteiger partial charge < -0.3 is 19.7 Å². The van der Waals surface area contributed by atoms with Crippen LogP contribution >= 0.6 is 0 Å². The van der Waals surface area contributed by atoms with Gasteiger partial charge in [-0.3, -0.25) is 14.2 Å². The van der Waals surface area contributed by atoms with Crippen molar-refractivity contribution in [1.29, 1.82) is 0 Å². The van der Waals surface area contributed by atoms with E-state index in [4.69, 9.17) is 4.74 Å². The van der Waals surface area contributed by atoms with Crippen LogP contribution in [0.5, 0.6) is 0 Å². The average molecular weight is 458 g/mol. The maximum Gasteiger partial charge on any atom is 0.330 e. The molecule has 9 heteroatoms. The number of hydrogen-bond acceptors (Lipinski definition) is 5. The number of ether oxygens (including phenoxy) is 1. The Balaban J connectivity index is 1.82. The molecule has 178 valence electrons. The van der Waals surface area contributed by atoms with Crippen LogP contribution in [0.2, 0.25) is 0 Å². The summed E-state index contributed by atoms with van der Waals surface area (Å²) >= 11 is 0.